The van der Waals surface area contributed by atoms with E-state index < -0.39 is 16.1 Å². The summed E-state index contributed by atoms with van der Waals surface area (Å²) in [4.78, 5) is 15.5. The molecule has 5 N–H and O–H groups in total. The molecule has 1 aliphatic rings. The smallest absolute Gasteiger partial charge is 0.245 e. The lowest BCUT2D eigenvalue weighted by Crippen LogP contribution is -2.45. The van der Waals surface area contributed by atoms with E-state index >= 15 is 0 Å². The van der Waals surface area contributed by atoms with Gasteiger partial charge < -0.3 is 10.7 Å². The van der Waals surface area contributed by atoms with Gasteiger partial charge >= 0.3 is 0 Å². The van der Waals surface area contributed by atoms with Crippen molar-refractivity contribution in [3.05, 3.63) is 18.3 Å². The molecule has 1 heterocycles. The summed E-state index contributed by atoms with van der Waals surface area (Å²) in [6.45, 7) is 1.49. The van der Waals surface area contributed by atoms with Crippen molar-refractivity contribution in [2.45, 2.75) is 36.7 Å². The molecular weight excluding hydrogens is 282 g/mol. The van der Waals surface area contributed by atoms with Crippen LogP contribution >= 0.6 is 0 Å². The summed E-state index contributed by atoms with van der Waals surface area (Å²) in [6, 6.07) is 2.14. The molecule has 1 amide bonds. The molecule has 0 spiro atoms. The maximum absolute atomic E-state index is 12.2. The molecule has 0 radical (unpaired) electrons. The van der Waals surface area contributed by atoms with Gasteiger partial charge in [0.25, 0.3) is 0 Å². The van der Waals surface area contributed by atoms with Gasteiger partial charge in [0.05, 0.1) is 6.04 Å². The third-order valence-corrected chi connectivity index (χ3v) is 4.42. The Morgan fingerprint density at radius 2 is 2.20 bits per heavy atom. The molecular formula is C11H17N5O3S. The zero-order valence-electron chi connectivity index (χ0n) is 11.0. The van der Waals surface area contributed by atoms with Crippen molar-refractivity contribution in [1.82, 2.24) is 15.0 Å². The van der Waals surface area contributed by atoms with Gasteiger partial charge in [0.1, 0.15) is 4.90 Å². The fourth-order valence-corrected chi connectivity index (χ4v) is 2.94. The van der Waals surface area contributed by atoms with Gasteiger partial charge in [-0.05, 0) is 31.9 Å². The summed E-state index contributed by atoms with van der Waals surface area (Å²) in [6.07, 6.45) is 3.29. The maximum atomic E-state index is 12.2. The molecule has 1 aliphatic carbocycles. The highest BCUT2D eigenvalue weighted by Crippen LogP contribution is 2.19. The van der Waals surface area contributed by atoms with Crippen LogP contribution in [-0.4, -0.2) is 31.4 Å². The van der Waals surface area contributed by atoms with E-state index in [1.165, 1.54) is 25.3 Å². The van der Waals surface area contributed by atoms with Crippen LogP contribution in [0.1, 0.15) is 19.8 Å². The van der Waals surface area contributed by atoms with E-state index in [1.54, 1.807) is 0 Å². The zero-order valence-corrected chi connectivity index (χ0v) is 11.8. The summed E-state index contributed by atoms with van der Waals surface area (Å²) in [7, 11) is -3.88. The number of aromatic nitrogens is 1. The molecule has 8 nitrogen and oxygen atoms in total. The van der Waals surface area contributed by atoms with Crippen molar-refractivity contribution < 1.29 is 13.2 Å². The van der Waals surface area contributed by atoms with Crippen molar-refractivity contribution in [2.24, 2.45) is 5.84 Å². The number of carbonyl (C=O) groups is 1. The Labute approximate surface area is 117 Å². The number of nitrogen functional groups attached to an aromatic ring is 1. The number of pyridine rings is 1. The van der Waals surface area contributed by atoms with E-state index in [0.717, 1.165) is 12.8 Å². The second-order valence-electron chi connectivity index (χ2n) is 4.62. The largest absolute Gasteiger partial charge is 0.352 e. The average Bonchev–Trinajstić information content (AvgIpc) is 3.22. The topological polar surface area (TPSA) is 126 Å². The Morgan fingerprint density at radius 1 is 1.50 bits per heavy atom. The van der Waals surface area contributed by atoms with Crippen LogP contribution in [0, 0.1) is 0 Å². The minimum atomic E-state index is -3.88. The number of anilines is 1. The third kappa shape index (κ3) is 3.44. The van der Waals surface area contributed by atoms with E-state index in [9.17, 15) is 13.2 Å². The number of nitrogens with one attached hydrogen (secondary N) is 3. The third-order valence-electron chi connectivity index (χ3n) is 2.85. The van der Waals surface area contributed by atoms with Gasteiger partial charge in [0, 0.05) is 12.2 Å². The number of carbonyl (C=O) groups excluding carboxylic acids is 1. The molecule has 110 valence electrons. The molecule has 0 aliphatic heterocycles. The first-order valence-corrected chi connectivity index (χ1v) is 7.66. The Kier molecular flexibility index (Phi) is 4.21. The van der Waals surface area contributed by atoms with Crippen molar-refractivity contribution in [3.8, 4) is 0 Å². The van der Waals surface area contributed by atoms with E-state index in [1.807, 2.05) is 0 Å². The molecule has 1 aromatic heterocycles. The highest BCUT2D eigenvalue weighted by molar-refractivity contribution is 7.89. The van der Waals surface area contributed by atoms with Crippen molar-refractivity contribution >= 4 is 21.7 Å². The SMILES string of the molecule is CC(NS(=O)(=O)c1cccnc1NN)C(=O)NC1CC1. The van der Waals surface area contributed by atoms with Gasteiger partial charge in [-0.3, -0.25) is 4.79 Å². The second-order valence-corrected chi connectivity index (χ2v) is 6.30. The first kappa shape index (κ1) is 14.7. The van der Waals surface area contributed by atoms with Crippen LogP contribution in [-0.2, 0) is 14.8 Å². The number of hydrogen-bond donors (Lipinski definition) is 4. The summed E-state index contributed by atoms with van der Waals surface area (Å²) >= 11 is 0. The molecule has 1 aromatic rings. The van der Waals surface area contributed by atoms with Gasteiger partial charge in [0.2, 0.25) is 15.9 Å². The lowest BCUT2D eigenvalue weighted by atomic mass is 10.3. The zero-order chi connectivity index (χ0) is 14.8. The maximum Gasteiger partial charge on any atom is 0.245 e. The van der Waals surface area contributed by atoms with Gasteiger partial charge in [-0.15, -0.1) is 0 Å². The Bertz CT molecular complexity index is 600. The molecule has 1 saturated carbocycles. The lowest BCUT2D eigenvalue weighted by Gasteiger charge is -2.15. The van der Waals surface area contributed by atoms with Crippen LogP contribution in [0.5, 0.6) is 0 Å². The predicted octanol–water partition coefficient (Wildman–Crippen LogP) is -0.687. The van der Waals surface area contributed by atoms with Gasteiger partial charge in [-0.25, -0.2) is 19.2 Å². The number of amides is 1. The number of hydrogen-bond acceptors (Lipinski definition) is 6. The van der Waals surface area contributed by atoms with Crippen molar-refractivity contribution in [1.29, 1.82) is 0 Å². The normalized spacial score (nSPS) is 16.5. The number of nitrogens with zero attached hydrogens (tertiary/aromatic N) is 1. The fourth-order valence-electron chi connectivity index (χ4n) is 1.62. The van der Waals surface area contributed by atoms with E-state index in [2.05, 4.69) is 20.4 Å². The standard InChI is InChI=1S/C11H17N5O3S/c1-7(11(17)14-8-4-5-8)16-20(18,19)9-3-2-6-13-10(9)15-12/h2-3,6-8,16H,4-5,12H2,1H3,(H,13,15)(H,14,17). The molecule has 1 atom stereocenters. The Balaban J connectivity index is 2.11. The lowest BCUT2D eigenvalue weighted by molar-refractivity contribution is -0.122. The quantitative estimate of drug-likeness (QED) is 0.407. The fraction of sp³-hybridized carbons (Fsp3) is 0.455. The van der Waals surface area contributed by atoms with Crippen molar-refractivity contribution in [2.75, 3.05) is 5.43 Å². The number of nitrogens with two attached hydrogens (primary N) is 1. The monoisotopic (exact) mass is 299 g/mol. The number of rotatable bonds is 6. The Hall–Kier alpha value is -1.71. The summed E-state index contributed by atoms with van der Waals surface area (Å²) in [5.74, 6) is 4.91. The molecule has 9 heteroatoms. The minimum Gasteiger partial charge on any atom is -0.352 e. The van der Waals surface area contributed by atoms with E-state index in [4.69, 9.17) is 5.84 Å². The molecule has 0 saturated heterocycles. The molecule has 2 rings (SSSR count). The molecule has 0 bridgehead atoms. The van der Waals surface area contributed by atoms with Crippen molar-refractivity contribution in [3.63, 3.8) is 0 Å². The van der Waals surface area contributed by atoms with E-state index in [-0.39, 0.29) is 22.7 Å². The molecule has 0 aromatic carbocycles. The highest BCUT2D eigenvalue weighted by Gasteiger charge is 2.29. The number of sulfonamides is 1. The second kappa shape index (κ2) is 5.73. The molecule has 1 unspecified atom stereocenters. The predicted molar refractivity (Wildman–Crippen MR) is 73.0 cm³/mol. The van der Waals surface area contributed by atoms with Crippen LogP contribution in [0.4, 0.5) is 5.82 Å². The van der Waals surface area contributed by atoms with Crippen LogP contribution < -0.4 is 21.3 Å². The van der Waals surface area contributed by atoms with Crippen LogP contribution in [0.2, 0.25) is 0 Å². The van der Waals surface area contributed by atoms with Gasteiger partial charge in [0.15, 0.2) is 5.82 Å². The van der Waals surface area contributed by atoms with Crippen LogP contribution in [0.3, 0.4) is 0 Å². The average molecular weight is 299 g/mol. The highest BCUT2D eigenvalue weighted by atomic mass is 32.2. The summed E-state index contributed by atoms with van der Waals surface area (Å²) in [5.41, 5.74) is 2.22. The summed E-state index contributed by atoms with van der Waals surface area (Å²) in [5, 5.41) is 2.73. The van der Waals surface area contributed by atoms with Crippen LogP contribution in [0.25, 0.3) is 0 Å². The molecule has 1 fully saturated rings. The molecule has 20 heavy (non-hydrogen) atoms. The number of hydrazine groups is 1. The van der Waals surface area contributed by atoms with Gasteiger partial charge in [-0.2, -0.15) is 4.72 Å². The minimum absolute atomic E-state index is 0.0230. The first-order chi connectivity index (χ1) is 9.44. The first-order valence-electron chi connectivity index (χ1n) is 6.18. The van der Waals surface area contributed by atoms with Gasteiger partial charge in [-0.1, -0.05) is 0 Å². The van der Waals surface area contributed by atoms with Crippen LogP contribution in [0.15, 0.2) is 23.2 Å². The Morgan fingerprint density at radius 3 is 2.80 bits per heavy atom. The summed E-state index contributed by atoms with van der Waals surface area (Å²) < 4.78 is 26.7. The van der Waals surface area contributed by atoms with E-state index in [0.29, 0.717) is 0 Å².